The molecule has 1 fully saturated rings. The van der Waals surface area contributed by atoms with Crippen LogP contribution in [-0.4, -0.2) is 31.0 Å². The maximum Gasteiger partial charge on any atom is 0.308 e. The summed E-state index contributed by atoms with van der Waals surface area (Å²) in [6.45, 7) is 5.98. The van der Waals surface area contributed by atoms with Crippen molar-refractivity contribution >= 4 is 16.0 Å². The number of carbonyl (C=O) groups excluding carboxylic acids is 1. The average molecular weight is 325 g/mol. The largest absolute Gasteiger partial charge is 0.382 e. The Kier molecular flexibility index (Phi) is 5.11. The van der Waals surface area contributed by atoms with E-state index in [0.29, 0.717) is 12.3 Å². The molecule has 2 rings (SSSR count). The van der Waals surface area contributed by atoms with Crippen molar-refractivity contribution in [3.63, 3.8) is 0 Å². The van der Waals surface area contributed by atoms with Crippen molar-refractivity contribution < 1.29 is 17.4 Å². The van der Waals surface area contributed by atoms with Gasteiger partial charge in [0, 0.05) is 18.5 Å². The van der Waals surface area contributed by atoms with Crippen LogP contribution in [0.3, 0.4) is 0 Å². The third kappa shape index (κ3) is 4.47. The summed E-state index contributed by atoms with van der Waals surface area (Å²) in [5, 5.41) is 0. The van der Waals surface area contributed by atoms with Gasteiger partial charge in [0.1, 0.15) is 5.75 Å². The number of nitrogens with zero attached hydrogens (tertiary/aromatic N) is 1. The molecule has 6 heteroatoms. The Labute approximate surface area is 132 Å². The minimum atomic E-state index is -3.53. The highest BCUT2D eigenvalue weighted by Crippen LogP contribution is 2.32. The van der Waals surface area contributed by atoms with Crippen LogP contribution in [0.15, 0.2) is 24.3 Å². The molecule has 0 unspecified atom stereocenters. The van der Waals surface area contributed by atoms with Gasteiger partial charge in [-0.2, -0.15) is 8.42 Å². The lowest BCUT2D eigenvalue weighted by Gasteiger charge is -2.27. The Bertz CT molecular complexity index is 635. The van der Waals surface area contributed by atoms with Crippen molar-refractivity contribution in [2.24, 2.45) is 5.92 Å². The van der Waals surface area contributed by atoms with Gasteiger partial charge < -0.3 is 9.08 Å². The normalized spacial score (nSPS) is 14.9. The van der Waals surface area contributed by atoms with Crippen LogP contribution in [0.4, 0.5) is 0 Å². The van der Waals surface area contributed by atoms with Crippen LogP contribution in [-0.2, 0) is 21.5 Å². The first kappa shape index (κ1) is 16.8. The topological polar surface area (TPSA) is 63.7 Å². The predicted molar refractivity (Wildman–Crippen MR) is 84.9 cm³/mol. The maximum atomic E-state index is 12.3. The SMILES string of the molecule is CCS(=O)(=O)Oc1cccc(CN(C(=O)C2CC2)C(C)C)c1. The van der Waals surface area contributed by atoms with Crippen LogP contribution in [0, 0.1) is 5.92 Å². The lowest BCUT2D eigenvalue weighted by Crippen LogP contribution is -2.37. The fourth-order valence-electron chi connectivity index (χ4n) is 2.18. The zero-order chi connectivity index (χ0) is 16.3. The summed E-state index contributed by atoms with van der Waals surface area (Å²) in [6.07, 6.45) is 1.94. The number of amides is 1. The predicted octanol–water partition coefficient (Wildman–Crippen LogP) is 2.56. The van der Waals surface area contributed by atoms with Crippen molar-refractivity contribution in [1.82, 2.24) is 4.90 Å². The molecule has 1 saturated carbocycles. The van der Waals surface area contributed by atoms with Crippen LogP contribution in [0.1, 0.15) is 39.2 Å². The first-order valence-corrected chi connectivity index (χ1v) is 9.21. The minimum absolute atomic E-state index is 0.0739. The van der Waals surface area contributed by atoms with E-state index < -0.39 is 10.1 Å². The maximum absolute atomic E-state index is 12.3. The lowest BCUT2D eigenvalue weighted by molar-refractivity contribution is -0.134. The zero-order valence-electron chi connectivity index (χ0n) is 13.3. The van der Waals surface area contributed by atoms with Crippen LogP contribution in [0.5, 0.6) is 5.75 Å². The van der Waals surface area contributed by atoms with Crippen molar-refractivity contribution in [2.45, 2.75) is 46.2 Å². The highest BCUT2D eigenvalue weighted by atomic mass is 32.2. The first-order valence-electron chi connectivity index (χ1n) is 7.64. The molecule has 1 aromatic rings. The quantitative estimate of drug-likeness (QED) is 0.723. The van der Waals surface area contributed by atoms with Gasteiger partial charge in [0.05, 0.1) is 5.75 Å². The van der Waals surface area contributed by atoms with Gasteiger partial charge in [-0.1, -0.05) is 12.1 Å². The number of hydrogen-bond acceptors (Lipinski definition) is 4. The molecular weight excluding hydrogens is 302 g/mol. The van der Waals surface area contributed by atoms with Gasteiger partial charge in [-0.15, -0.1) is 0 Å². The molecule has 1 aliphatic carbocycles. The zero-order valence-corrected chi connectivity index (χ0v) is 14.1. The van der Waals surface area contributed by atoms with Gasteiger partial charge >= 0.3 is 10.1 Å². The molecule has 0 bridgehead atoms. The number of benzene rings is 1. The summed E-state index contributed by atoms with van der Waals surface area (Å²) in [5.41, 5.74) is 0.867. The molecule has 0 heterocycles. The molecule has 0 aliphatic heterocycles. The molecule has 1 amide bonds. The third-order valence-corrected chi connectivity index (χ3v) is 4.81. The summed E-state index contributed by atoms with van der Waals surface area (Å²) in [4.78, 5) is 14.1. The molecule has 0 N–H and O–H groups in total. The first-order chi connectivity index (χ1) is 10.3. The van der Waals surface area contributed by atoms with E-state index in [1.165, 1.54) is 6.92 Å². The van der Waals surface area contributed by atoms with E-state index in [2.05, 4.69) is 0 Å². The van der Waals surface area contributed by atoms with Crippen molar-refractivity contribution in [2.75, 3.05) is 5.75 Å². The molecule has 0 saturated heterocycles. The Morgan fingerprint density at radius 3 is 2.59 bits per heavy atom. The van der Waals surface area contributed by atoms with Crippen LogP contribution in [0.25, 0.3) is 0 Å². The van der Waals surface area contributed by atoms with E-state index in [1.807, 2.05) is 24.8 Å². The number of carbonyl (C=O) groups is 1. The summed E-state index contributed by atoms with van der Waals surface area (Å²) in [6, 6.07) is 7.02. The second kappa shape index (κ2) is 6.69. The van der Waals surface area contributed by atoms with E-state index >= 15 is 0 Å². The lowest BCUT2D eigenvalue weighted by atomic mass is 10.1. The van der Waals surface area contributed by atoms with Crippen molar-refractivity contribution in [1.29, 1.82) is 0 Å². The Balaban J connectivity index is 2.12. The number of hydrogen-bond donors (Lipinski definition) is 0. The molecule has 0 spiro atoms. The summed E-state index contributed by atoms with van der Waals surface area (Å²) in [5.74, 6) is 0.571. The molecule has 22 heavy (non-hydrogen) atoms. The molecule has 122 valence electrons. The standard InChI is InChI=1S/C16H23NO4S/c1-4-22(19,20)21-15-7-5-6-13(10-15)11-17(12(2)3)16(18)14-8-9-14/h5-7,10,12,14H,4,8-9,11H2,1-3H3. The fraction of sp³-hybridized carbons (Fsp3) is 0.562. The number of rotatable bonds is 7. The molecule has 0 aromatic heterocycles. The average Bonchev–Trinajstić information content (AvgIpc) is 3.28. The smallest absolute Gasteiger partial charge is 0.308 e. The highest BCUT2D eigenvalue weighted by Gasteiger charge is 2.34. The monoisotopic (exact) mass is 325 g/mol. The van der Waals surface area contributed by atoms with Gasteiger partial charge in [0.25, 0.3) is 0 Å². The fourth-order valence-corrected chi connectivity index (χ4v) is 2.69. The van der Waals surface area contributed by atoms with Gasteiger partial charge in [-0.05, 0) is 51.3 Å². The van der Waals surface area contributed by atoms with Gasteiger partial charge in [-0.3, -0.25) is 4.79 Å². The molecule has 5 nitrogen and oxygen atoms in total. The molecule has 1 aromatic carbocycles. The van der Waals surface area contributed by atoms with Gasteiger partial charge in [0.15, 0.2) is 0 Å². The van der Waals surface area contributed by atoms with E-state index in [-0.39, 0.29) is 23.6 Å². The second-order valence-corrected chi connectivity index (χ2v) is 7.77. The van der Waals surface area contributed by atoms with E-state index in [0.717, 1.165) is 18.4 Å². The Morgan fingerprint density at radius 1 is 1.36 bits per heavy atom. The molecular formula is C16H23NO4S. The van der Waals surface area contributed by atoms with E-state index in [1.54, 1.807) is 18.2 Å². The van der Waals surface area contributed by atoms with Crippen LogP contribution >= 0.6 is 0 Å². The van der Waals surface area contributed by atoms with Crippen molar-refractivity contribution in [3.8, 4) is 5.75 Å². The van der Waals surface area contributed by atoms with Gasteiger partial charge in [0.2, 0.25) is 5.91 Å². The second-order valence-electron chi connectivity index (χ2n) is 5.91. The molecule has 0 radical (unpaired) electrons. The van der Waals surface area contributed by atoms with E-state index in [4.69, 9.17) is 4.18 Å². The molecule has 1 aliphatic rings. The van der Waals surface area contributed by atoms with Gasteiger partial charge in [-0.25, -0.2) is 0 Å². The van der Waals surface area contributed by atoms with Crippen LogP contribution in [0.2, 0.25) is 0 Å². The molecule has 0 atom stereocenters. The third-order valence-electron chi connectivity index (χ3n) is 3.66. The Morgan fingerprint density at radius 2 is 2.05 bits per heavy atom. The summed E-state index contributed by atoms with van der Waals surface area (Å²) in [7, 11) is -3.53. The Hall–Kier alpha value is -1.56. The van der Waals surface area contributed by atoms with Crippen molar-refractivity contribution in [3.05, 3.63) is 29.8 Å². The summed E-state index contributed by atoms with van der Waals surface area (Å²) >= 11 is 0. The highest BCUT2D eigenvalue weighted by molar-refractivity contribution is 7.87. The summed E-state index contributed by atoms with van der Waals surface area (Å²) < 4.78 is 28.1. The van der Waals surface area contributed by atoms with E-state index in [9.17, 15) is 13.2 Å². The van der Waals surface area contributed by atoms with Crippen LogP contribution < -0.4 is 4.18 Å². The minimum Gasteiger partial charge on any atom is -0.382 e.